The predicted molar refractivity (Wildman–Crippen MR) is 161 cm³/mol. The molecule has 0 saturated carbocycles. The Morgan fingerprint density at radius 1 is 1.02 bits per heavy atom. The lowest BCUT2D eigenvalue weighted by atomic mass is 10.0. The summed E-state index contributed by atoms with van der Waals surface area (Å²) in [5.74, 6) is -2.13. The third kappa shape index (κ3) is 11.0. The molecule has 1 aromatic carbocycles. The van der Waals surface area contributed by atoms with Crippen LogP contribution in [0.1, 0.15) is 67.4 Å². The van der Waals surface area contributed by atoms with Gasteiger partial charge in [-0.3, -0.25) is 14.4 Å². The zero-order valence-electron chi connectivity index (χ0n) is 26.3. The van der Waals surface area contributed by atoms with Gasteiger partial charge in [-0.05, 0) is 68.6 Å². The summed E-state index contributed by atoms with van der Waals surface area (Å²) < 4.78 is 17.4. The first-order valence-corrected chi connectivity index (χ1v) is 17.1. The molecule has 0 aromatic heterocycles. The van der Waals surface area contributed by atoms with Crippen molar-refractivity contribution in [2.45, 2.75) is 104 Å². The molecule has 2 N–H and O–H groups in total. The molecule has 1 aromatic rings. The number of hydrogen-bond acceptors (Lipinski definition) is 7. The van der Waals surface area contributed by atoms with E-state index in [2.05, 4.69) is 44.5 Å². The van der Waals surface area contributed by atoms with Gasteiger partial charge in [0.15, 0.2) is 0 Å². The van der Waals surface area contributed by atoms with Crippen LogP contribution in [0.15, 0.2) is 36.4 Å². The van der Waals surface area contributed by atoms with E-state index < -0.39 is 55.7 Å². The number of amides is 2. The Balaban J connectivity index is 2.28. The van der Waals surface area contributed by atoms with Crippen molar-refractivity contribution in [3.05, 3.63) is 42.0 Å². The number of ether oxygens (including phenoxy) is 2. The number of rotatable bonds is 7. The van der Waals surface area contributed by atoms with Gasteiger partial charge in [0, 0.05) is 12.3 Å². The highest BCUT2D eigenvalue weighted by Crippen LogP contribution is 2.37. The molecular formula is C31H48N2O7Si. The van der Waals surface area contributed by atoms with Crippen LogP contribution in [0.3, 0.4) is 0 Å². The van der Waals surface area contributed by atoms with Crippen molar-refractivity contribution in [2.75, 3.05) is 6.61 Å². The predicted octanol–water partition coefficient (Wildman–Crippen LogP) is 4.70. The van der Waals surface area contributed by atoms with Gasteiger partial charge in [-0.15, -0.1) is 0 Å². The Labute approximate surface area is 245 Å². The maximum atomic E-state index is 13.3. The largest absolute Gasteiger partial charge is 0.544 e. The lowest BCUT2D eigenvalue weighted by molar-refractivity contribution is -0.158. The number of cyclic esters (lactones) is 1. The molecule has 228 valence electrons. The zero-order chi connectivity index (χ0) is 31.2. The number of hydrogen-bond donors (Lipinski definition) is 2. The van der Waals surface area contributed by atoms with Crippen molar-refractivity contribution < 1.29 is 33.1 Å². The summed E-state index contributed by atoms with van der Waals surface area (Å²) >= 11 is 0. The van der Waals surface area contributed by atoms with Gasteiger partial charge in [-0.25, -0.2) is 4.79 Å². The van der Waals surface area contributed by atoms with E-state index in [1.165, 1.54) is 12.2 Å². The van der Waals surface area contributed by atoms with E-state index in [-0.39, 0.29) is 30.4 Å². The van der Waals surface area contributed by atoms with Crippen LogP contribution in [0.4, 0.5) is 0 Å². The molecule has 9 nitrogen and oxygen atoms in total. The molecule has 2 rings (SSSR count). The molecule has 41 heavy (non-hydrogen) atoms. The van der Waals surface area contributed by atoms with Crippen LogP contribution >= 0.6 is 0 Å². The maximum absolute atomic E-state index is 13.3. The first-order chi connectivity index (χ1) is 18.8. The summed E-state index contributed by atoms with van der Waals surface area (Å²) in [5.41, 5.74) is 0.128. The normalized spacial score (nSPS) is 22.0. The molecule has 0 saturated heterocycles. The van der Waals surface area contributed by atoms with Crippen molar-refractivity contribution in [1.29, 1.82) is 0 Å². The molecular weight excluding hydrogens is 540 g/mol. The maximum Gasteiger partial charge on any atom is 0.329 e. The molecule has 0 aliphatic carbocycles. The van der Waals surface area contributed by atoms with Crippen molar-refractivity contribution in [3.63, 3.8) is 0 Å². The van der Waals surface area contributed by atoms with Crippen molar-refractivity contribution in [3.8, 4) is 5.75 Å². The second kappa shape index (κ2) is 13.7. The van der Waals surface area contributed by atoms with Gasteiger partial charge in [0.2, 0.25) is 20.1 Å². The summed E-state index contributed by atoms with van der Waals surface area (Å²) in [6.07, 6.45) is 2.88. The topological polar surface area (TPSA) is 120 Å². The van der Waals surface area contributed by atoms with Gasteiger partial charge in [-0.2, -0.15) is 0 Å². The molecule has 0 radical (unpaired) electrons. The SMILES string of the molecule is CC(C)[C@@H]1NC(=O)/C=C/[C@@H](CC(=O)OC(C)(C)C)COC(=O)[C@H](Cc2ccc(O[Si](C)(C)C(C)(C)C)cc2)NC1=O. The molecule has 0 unspecified atom stereocenters. The number of carbonyl (C=O) groups excluding carboxylic acids is 4. The minimum atomic E-state index is -2.02. The lowest BCUT2D eigenvalue weighted by Gasteiger charge is -2.36. The molecule has 0 fully saturated rings. The van der Waals surface area contributed by atoms with Crippen LogP contribution in [-0.4, -0.2) is 56.4 Å². The van der Waals surface area contributed by atoms with Gasteiger partial charge in [0.05, 0.1) is 13.0 Å². The van der Waals surface area contributed by atoms with Crippen LogP contribution in [0.2, 0.25) is 18.1 Å². The van der Waals surface area contributed by atoms with Gasteiger partial charge < -0.3 is 24.5 Å². The fourth-order valence-corrected chi connectivity index (χ4v) is 4.89. The highest BCUT2D eigenvalue weighted by molar-refractivity contribution is 6.74. The average Bonchev–Trinajstić information content (AvgIpc) is 2.81. The summed E-state index contributed by atoms with van der Waals surface area (Å²) in [4.78, 5) is 51.5. The van der Waals surface area contributed by atoms with Gasteiger partial charge >= 0.3 is 11.9 Å². The van der Waals surface area contributed by atoms with E-state index in [4.69, 9.17) is 13.9 Å². The standard InChI is InChI=1S/C31H48N2O7Si/c1-20(2)27-28(36)32-24(17-21-11-14-23(15-12-21)40-41(9,10)31(6,7)8)29(37)38-19-22(13-16-25(34)33-27)18-26(35)39-30(3,4)5/h11-16,20,22,24,27H,17-19H2,1-10H3,(H,32,36)(H,33,34)/b16-13+/t22-,24-,27-/m0/s1. The van der Waals surface area contributed by atoms with E-state index in [1.54, 1.807) is 34.6 Å². The highest BCUT2D eigenvalue weighted by atomic mass is 28.4. The Kier molecular flexibility index (Phi) is 11.4. The minimum absolute atomic E-state index is 0.0479. The number of carbonyl (C=O) groups is 4. The number of nitrogens with one attached hydrogen (secondary N) is 2. The molecule has 2 amide bonds. The van der Waals surface area contributed by atoms with Crippen molar-refractivity contribution >= 4 is 32.1 Å². The van der Waals surface area contributed by atoms with Crippen LogP contribution in [0.25, 0.3) is 0 Å². The van der Waals surface area contributed by atoms with Crippen LogP contribution < -0.4 is 15.1 Å². The molecule has 0 spiro atoms. The third-order valence-electron chi connectivity index (χ3n) is 7.20. The van der Waals surface area contributed by atoms with Crippen LogP contribution in [0.5, 0.6) is 5.75 Å². The lowest BCUT2D eigenvalue weighted by Crippen LogP contribution is -2.54. The van der Waals surface area contributed by atoms with Crippen LogP contribution in [-0.2, 0) is 35.1 Å². The summed E-state index contributed by atoms with van der Waals surface area (Å²) in [7, 11) is -2.02. The third-order valence-corrected chi connectivity index (χ3v) is 11.6. The average molecular weight is 589 g/mol. The summed E-state index contributed by atoms with van der Waals surface area (Å²) in [5, 5.41) is 5.54. The highest BCUT2D eigenvalue weighted by Gasteiger charge is 2.39. The molecule has 10 heteroatoms. The summed E-state index contributed by atoms with van der Waals surface area (Å²) in [6.45, 7) is 19.6. The molecule has 3 atom stereocenters. The van der Waals surface area contributed by atoms with E-state index in [0.717, 1.165) is 11.3 Å². The fourth-order valence-electron chi connectivity index (χ4n) is 3.86. The molecule has 1 aliphatic rings. The van der Waals surface area contributed by atoms with Gasteiger partial charge in [0.1, 0.15) is 23.4 Å². The van der Waals surface area contributed by atoms with E-state index in [0.29, 0.717) is 0 Å². The number of benzene rings is 1. The quantitative estimate of drug-likeness (QED) is 0.350. The van der Waals surface area contributed by atoms with Crippen LogP contribution in [0, 0.1) is 11.8 Å². The molecule has 0 bridgehead atoms. The second-order valence-corrected chi connectivity index (χ2v) is 18.3. The second-order valence-electron chi connectivity index (χ2n) is 13.5. The van der Waals surface area contributed by atoms with E-state index in [1.807, 2.05) is 24.3 Å². The Hall–Kier alpha value is -3.14. The fraction of sp³-hybridized carbons (Fsp3) is 0.613. The van der Waals surface area contributed by atoms with Gasteiger partial charge in [0.25, 0.3) is 0 Å². The molecule has 1 aliphatic heterocycles. The minimum Gasteiger partial charge on any atom is -0.544 e. The van der Waals surface area contributed by atoms with E-state index in [9.17, 15) is 19.2 Å². The Bertz CT molecular complexity index is 1110. The Morgan fingerprint density at radius 3 is 2.17 bits per heavy atom. The first kappa shape index (κ1) is 34.1. The van der Waals surface area contributed by atoms with Crippen molar-refractivity contribution in [1.82, 2.24) is 10.6 Å². The number of esters is 2. The van der Waals surface area contributed by atoms with Gasteiger partial charge in [-0.1, -0.05) is 52.8 Å². The monoisotopic (exact) mass is 588 g/mol. The Morgan fingerprint density at radius 2 is 1.63 bits per heavy atom. The van der Waals surface area contributed by atoms with Crippen molar-refractivity contribution in [2.24, 2.45) is 11.8 Å². The molecule has 1 heterocycles. The van der Waals surface area contributed by atoms with E-state index >= 15 is 0 Å². The summed E-state index contributed by atoms with van der Waals surface area (Å²) in [6, 6.07) is 5.61. The zero-order valence-corrected chi connectivity index (χ0v) is 27.3. The first-order valence-electron chi connectivity index (χ1n) is 14.2. The smallest absolute Gasteiger partial charge is 0.329 e.